The number of rotatable bonds is 4. The summed E-state index contributed by atoms with van der Waals surface area (Å²) >= 11 is 1.66. The van der Waals surface area contributed by atoms with Crippen molar-refractivity contribution in [3.63, 3.8) is 0 Å². The summed E-state index contributed by atoms with van der Waals surface area (Å²) in [6.07, 6.45) is 0. The quantitative estimate of drug-likeness (QED) is 0.585. The van der Waals surface area contributed by atoms with E-state index in [0.29, 0.717) is 0 Å². The minimum Gasteiger partial charge on any atom is -0.487 e. The Morgan fingerprint density at radius 1 is 1.54 bits per heavy atom. The summed E-state index contributed by atoms with van der Waals surface area (Å²) in [5, 5.41) is 4.18. The molecule has 0 fully saturated rings. The molecule has 1 aromatic rings. The number of nitrogens with one attached hydrogen (secondary N) is 1. The Labute approximate surface area is 82.9 Å². The van der Waals surface area contributed by atoms with Crippen LogP contribution < -0.4 is 10.1 Å². The third-order valence-electron chi connectivity index (χ3n) is 1.53. The lowest BCUT2D eigenvalue weighted by Gasteiger charge is -1.95. The Hall–Kier alpha value is -0.980. The Morgan fingerprint density at radius 2 is 2.38 bits per heavy atom. The average molecular weight is 195 g/mol. The Balaban J connectivity index is 2.31. The van der Waals surface area contributed by atoms with Gasteiger partial charge in [0.05, 0.1) is 13.7 Å². The molecule has 1 aromatic heterocycles. The van der Waals surface area contributed by atoms with Gasteiger partial charge in [-0.1, -0.05) is 5.92 Å². The maximum absolute atomic E-state index is 5.09. The highest BCUT2D eigenvalue weighted by atomic mass is 32.1. The van der Waals surface area contributed by atoms with Crippen molar-refractivity contribution in [3.05, 3.63) is 17.0 Å². The lowest BCUT2D eigenvalue weighted by atomic mass is 10.4. The number of hydrogen-bond donors (Lipinski definition) is 1. The van der Waals surface area contributed by atoms with E-state index in [1.54, 1.807) is 18.4 Å². The third kappa shape index (κ3) is 3.49. The van der Waals surface area contributed by atoms with Crippen molar-refractivity contribution in [1.29, 1.82) is 0 Å². The van der Waals surface area contributed by atoms with Crippen LogP contribution in [0, 0.1) is 11.8 Å². The zero-order chi connectivity index (χ0) is 9.52. The maximum atomic E-state index is 5.09. The van der Waals surface area contributed by atoms with Gasteiger partial charge in [-0.05, 0) is 19.1 Å². The number of ether oxygens (including phenoxy) is 1. The van der Waals surface area contributed by atoms with E-state index >= 15 is 0 Å². The summed E-state index contributed by atoms with van der Waals surface area (Å²) in [7, 11) is 1.69. The zero-order valence-electron chi connectivity index (χ0n) is 7.89. The van der Waals surface area contributed by atoms with Crippen LogP contribution in [0.1, 0.15) is 11.8 Å². The van der Waals surface area contributed by atoms with E-state index in [0.717, 1.165) is 18.2 Å². The van der Waals surface area contributed by atoms with Gasteiger partial charge in [0.2, 0.25) is 0 Å². The van der Waals surface area contributed by atoms with Gasteiger partial charge in [0.25, 0.3) is 0 Å². The summed E-state index contributed by atoms with van der Waals surface area (Å²) < 4.78 is 5.09. The minimum atomic E-state index is 0.747. The van der Waals surface area contributed by atoms with Crippen molar-refractivity contribution in [2.45, 2.75) is 13.5 Å². The maximum Gasteiger partial charge on any atom is 0.173 e. The highest BCUT2D eigenvalue weighted by Crippen LogP contribution is 2.23. The molecule has 0 saturated heterocycles. The smallest absolute Gasteiger partial charge is 0.173 e. The summed E-state index contributed by atoms with van der Waals surface area (Å²) in [4.78, 5) is 1.27. The molecule has 0 radical (unpaired) electrons. The molecule has 0 aliphatic carbocycles. The van der Waals surface area contributed by atoms with Gasteiger partial charge in [-0.25, -0.2) is 0 Å². The van der Waals surface area contributed by atoms with E-state index in [4.69, 9.17) is 4.74 Å². The number of thiophene rings is 1. The second-order valence-electron chi connectivity index (χ2n) is 2.46. The largest absolute Gasteiger partial charge is 0.487 e. The molecule has 13 heavy (non-hydrogen) atoms. The average Bonchev–Trinajstić information content (AvgIpc) is 2.60. The zero-order valence-corrected chi connectivity index (χ0v) is 8.70. The van der Waals surface area contributed by atoms with Crippen LogP contribution in [0.25, 0.3) is 0 Å². The van der Waals surface area contributed by atoms with Gasteiger partial charge in [0.1, 0.15) is 0 Å². The van der Waals surface area contributed by atoms with Crippen LogP contribution in [0.5, 0.6) is 5.06 Å². The van der Waals surface area contributed by atoms with Crippen molar-refractivity contribution in [3.8, 4) is 16.9 Å². The van der Waals surface area contributed by atoms with Crippen LogP contribution in [0.4, 0.5) is 0 Å². The van der Waals surface area contributed by atoms with Gasteiger partial charge >= 0.3 is 0 Å². The van der Waals surface area contributed by atoms with Crippen LogP contribution in [0.15, 0.2) is 12.1 Å². The van der Waals surface area contributed by atoms with Gasteiger partial charge in [-0.15, -0.1) is 17.3 Å². The highest BCUT2D eigenvalue weighted by molar-refractivity contribution is 7.13. The molecule has 0 bridgehead atoms. The minimum absolute atomic E-state index is 0.747. The second-order valence-corrected chi connectivity index (χ2v) is 3.59. The number of hydrogen-bond acceptors (Lipinski definition) is 3. The van der Waals surface area contributed by atoms with Crippen molar-refractivity contribution in [2.75, 3.05) is 13.7 Å². The van der Waals surface area contributed by atoms with Crippen molar-refractivity contribution >= 4 is 11.3 Å². The molecule has 2 nitrogen and oxygen atoms in total. The molecule has 0 spiro atoms. The van der Waals surface area contributed by atoms with E-state index in [9.17, 15) is 0 Å². The van der Waals surface area contributed by atoms with Crippen LogP contribution in [0.3, 0.4) is 0 Å². The summed E-state index contributed by atoms with van der Waals surface area (Å²) in [5.74, 6) is 5.79. The van der Waals surface area contributed by atoms with Crippen molar-refractivity contribution < 1.29 is 4.74 Å². The summed E-state index contributed by atoms with van der Waals surface area (Å²) in [5.41, 5.74) is 0. The molecule has 0 saturated carbocycles. The van der Waals surface area contributed by atoms with Crippen LogP contribution in [0.2, 0.25) is 0 Å². The van der Waals surface area contributed by atoms with Gasteiger partial charge in [-0.3, -0.25) is 0 Å². The van der Waals surface area contributed by atoms with Crippen molar-refractivity contribution in [1.82, 2.24) is 5.32 Å². The summed E-state index contributed by atoms with van der Waals surface area (Å²) in [6, 6.07) is 4.04. The molecule has 70 valence electrons. The molecular formula is C10H13NOS. The molecule has 1 heterocycles. The van der Waals surface area contributed by atoms with E-state index in [1.807, 2.05) is 13.0 Å². The van der Waals surface area contributed by atoms with E-state index < -0.39 is 0 Å². The molecule has 0 atom stereocenters. The first-order chi connectivity index (χ1) is 6.36. The standard InChI is InChI=1S/C10H13NOS/c1-3-4-7-11-8-9-5-6-10(12-2)13-9/h5-6,11H,7-8H2,1-2H3. The Bertz CT molecular complexity index is 308. The van der Waals surface area contributed by atoms with Crippen LogP contribution >= 0.6 is 11.3 Å². The Morgan fingerprint density at radius 3 is 3.00 bits per heavy atom. The fourth-order valence-corrected chi connectivity index (χ4v) is 1.69. The molecule has 1 rings (SSSR count). The molecule has 0 amide bonds. The fraction of sp³-hybridized carbons (Fsp3) is 0.400. The molecule has 0 aliphatic heterocycles. The molecule has 0 unspecified atom stereocenters. The predicted octanol–water partition coefficient (Wildman–Crippen LogP) is 1.87. The lowest BCUT2D eigenvalue weighted by molar-refractivity contribution is 0.427. The van der Waals surface area contributed by atoms with E-state index in [2.05, 4.69) is 23.2 Å². The first-order valence-corrected chi connectivity index (χ1v) is 4.91. The second kappa shape index (κ2) is 5.63. The lowest BCUT2D eigenvalue weighted by Crippen LogP contribution is -2.11. The van der Waals surface area contributed by atoms with Crippen LogP contribution in [-0.2, 0) is 6.54 Å². The first-order valence-electron chi connectivity index (χ1n) is 4.10. The SMILES string of the molecule is CC#CCNCc1ccc(OC)s1. The summed E-state index contributed by atoms with van der Waals surface area (Å²) in [6.45, 7) is 3.45. The van der Waals surface area contributed by atoms with Crippen molar-refractivity contribution in [2.24, 2.45) is 0 Å². The fourth-order valence-electron chi connectivity index (χ4n) is 0.900. The van der Waals surface area contributed by atoms with Gasteiger partial charge < -0.3 is 10.1 Å². The van der Waals surface area contributed by atoms with Gasteiger partial charge in [-0.2, -0.15) is 0 Å². The van der Waals surface area contributed by atoms with E-state index in [1.165, 1.54) is 4.88 Å². The molecule has 0 aliphatic rings. The third-order valence-corrected chi connectivity index (χ3v) is 2.57. The predicted molar refractivity (Wildman–Crippen MR) is 56.0 cm³/mol. The highest BCUT2D eigenvalue weighted by Gasteiger charge is 1.97. The first kappa shape index (κ1) is 10.1. The van der Waals surface area contributed by atoms with E-state index in [-0.39, 0.29) is 0 Å². The molecule has 1 N–H and O–H groups in total. The molecular weight excluding hydrogens is 182 g/mol. The van der Waals surface area contributed by atoms with Crippen LogP contribution in [-0.4, -0.2) is 13.7 Å². The van der Waals surface area contributed by atoms with Gasteiger partial charge in [0, 0.05) is 11.4 Å². The molecule has 0 aromatic carbocycles. The molecule has 3 heteroatoms. The normalized spacial score (nSPS) is 9.08. The monoisotopic (exact) mass is 195 g/mol. The number of methoxy groups -OCH3 is 1. The Kier molecular flexibility index (Phi) is 4.37. The topological polar surface area (TPSA) is 21.3 Å². The van der Waals surface area contributed by atoms with Gasteiger partial charge in [0.15, 0.2) is 5.06 Å².